The molecule has 2 N–H and O–H groups in total. The molecule has 1 atom stereocenters. The van der Waals surface area contributed by atoms with Crippen LogP contribution in [0.1, 0.15) is 69.0 Å². The number of pyridine rings is 1. The highest BCUT2D eigenvalue weighted by atomic mass is 16.2. The molecule has 3 aliphatic heterocycles. The Labute approximate surface area is 254 Å². The number of anilines is 1. The van der Waals surface area contributed by atoms with Crippen LogP contribution in [0.15, 0.2) is 64.4 Å². The highest BCUT2D eigenvalue weighted by Crippen LogP contribution is 2.34. The Kier molecular flexibility index (Phi) is 8.21. The lowest BCUT2D eigenvalue weighted by Crippen LogP contribution is -2.52. The number of piperidine rings is 2. The van der Waals surface area contributed by atoms with Crippen molar-refractivity contribution < 1.29 is 19.2 Å². The van der Waals surface area contributed by atoms with E-state index >= 15 is 0 Å². The fourth-order valence-corrected chi connectivity index (χ4v) is 6.30. The number of nitrogens with zero attached hydrogens (tertiary/aromatic N) is 4. The van der Waals surface area contributed by atoms with Gasteiger partial charge in [0.15, 0.2) is 6.29 Å². The molecule has 0 spiro atoms. The number of hydrogen-bond donors (Lipinski definition) is 2. The van der Waals surface area contributed by atoms with Gasteiger partial charge in [-0.25, -0.2) is 4.99 Å². The molecule has 6 rings (SSSR count). The normalized spacial score (nSPS) is 19.3. The number of carbonyl (C=O) groups excluding carboxylic acids is 4. The van der Waals surface area contributed by atoms with E-state index in [2.05, 4.69) is 26.3 Å². The van der Waals surface area contributed by atoms with Crippen molar-refractivity contribution in [2.45, 2.75) is 50.7 Å². The fourth-order valence-electron chi connectivity index (χ4n) is 6.30. The summed E-state index contributed by atoms with van der Waals surface area (Å²) in [5, 5.41) is 2.35. The smallest absolute Gasteiger partial charge is 0.255 e. The summed E-state index contributed by atoms with van der Waals surface area (Å²) < 4.78 is 0. The SMILES string of the molecule is CN(C=Nc1ccc(CN2CCC(c3ccc4c(c3)CN(C3CCC(=O)NC3=O)C4=O)CC2)cc1C=O)c1cccc(=O)[nH]1. The molecule has 4 heterocycles. The largest absolute Gasteiger partial charge is 0.322 e. The van der Waals surface area contributed by atoms with Crippen molar-refractivity contribution in [3.05, 3.63) is 92.8 Å². The summed E-state index contributed by atoms with van der Waals surface area (Å²) in [7, 11) is 1.77. The van der Waals surface area contributed by atoms with Crippen molar-refractivity contribution in [3.63, 3.8) is 0 Å². The molecule has 3 aromatic rings. The van der Waals surface area contributed by atoms with E-state index in [1.165, 1.54) is 11.6 Å². The van der Waals surface area contributed by atoms with Crippen LogP contribution >= 0.6 is 0 Å². The molecule has 0 radical (unpaired) electrons. The number of aromatic amines is 1. The van der Waals surface area contributed by atoms with E-state index in [4.69, 9.17) is 0 Å². The lowest BCUT2D eigenvalue weighted by Gasteiger charge is -2.32. The Morgan fingerprint density at radius 3 is 2.57 bits per heavy atom. The predicted octanol–water partition coefficient (Wildman–Crippen LogP) is 3.12. The number of carbonyl (C=O) groups is 4. The summed E-state index contributed by atoms with van der Waals surface area (Å²) in [5.41, 5.74) is 4.67. The molecule has 0 aliphatic carbocycles. The first-order valence-corrected chi connectivity index (χ1v) is 14.8. The Morgan fingerprint density at radius 1 is 1.00 bits per heavy atom. The zero-order valence-corrected chi connectivity index (χ0v) is 24.5. The quantitative estimate of drug-likeness (QED) is 0.177. The van der Waals surface area contributed by atoms with Crippen LogP contribution in [0.2, 0.25) is 0 Å². The number of H-pyrrole nitrogens is 1. The second-order valence-electron chi connectivity index (χ2n) is 11.6. The maximum Gasteiger partial charge on any atom is 0.255 e. The Bertz CT molecular complexity index is 1710. The number of amides is 3. The van der Waals surface area contributed by atoms with E-state index in [-0.39, 0.29) is 23.8 Å². The van der Waals surface area contributed by atoms with E-state index in [9.17, 15) is 24.0 Å². The molecule has 3 aliphatic rings. The number of aldehydes is 1. The number of imide groups is 1. The van der Waals surface area contributed by atoms with Crippen molar-refractivity contribution in [3.8, 4) is 0 Å². The van der Waals surface area contributed by atoms with E-state index in [0.29, 0.717) is 41.5 Å². The van der Waals surface area contributed by atoms with Crippen LogP contribution in [0.25, 0.3) is 0 Å². The number of hydrogen-bond acceptors (Lipinski definition) is 7. The van der Waals surface area contributed by atoms with Gasteiger partial charge in [0, 0.05) is 43.8 Å². The van der Waals surface area contributed by atoms with Crippen LogP contribution in [-0.4, -0.2) is 71.3 Å². The molecular weight excluding hydrogens is 560 g/mol. The molecule has 0 saturated carbocycles. The van der Waals surface area contributed by atoms with Gasteiger partial charge in [0.25, 0.3) is 5.91 Å². The Morgan fingerprint density at radius 2 is 1.82 bits per heavy atom. The molecule has 11 nitrogen and oxygen atoms in total. The zero-order chi connectivity index (χ0) is 30.8. The summed E-state index contributed by atoms with van der Waals surface area (Å²) in [6.45, 7) is 2.91. The maximum atomic E-state index is 13.0. The molecule has 2 fully saturated rings. The van der Waals surface area contributed by atoms with Gasteiger partial charge in [-0.15, -0.1) is 0 Å². The van der Waals surface area contributed by atoms with Gasteiger partial charge >= 0.3 is 0 Å². The van der Waals surface area contributed by atoms with Crippen LogP contribution in [0.3, 0.4) is 0 Å². The summed E-state index contributed by atoms with van der Waals surface area (Å²) >= 11 is 0. The standard InChI is InChI=1S/C33H34N6O5/c1-37(29-3-2-4-30(41)35-29)20-34-27-8-5-21(15-25(27)19-40)17-38-13-11-22(12-14-38)23-6-7-26-24(16-23)18-39(33(26)44)28-9-10-31(42)36-32(28)43/h2-8,15-16,19-20,22,28H,9-14,17-18H2,1H3,(H,35,41)(H,36,42,43). The number of aromatic nitrogens is 1. The minimum absolute atomic E-state index is 0.151. The second-order valence-corrected chi connectivity index (χ2v) is 11.6. The number of benzene rings is 2. The lowest BCUT2D eigenvalue weighted by molar-refractivity contribution is -0.136. The van der Waals surface area contributed by atoms with Crippen molar-refractivity contribution in [2.24, 2.45) is 4.99 Å². The minimum Gasteiger partial charge on any atom is -0.322 e. The molecule has 2 aromatic carbocycles. The Balaban J connectivity index is 1.05. The molecule has 1 aromatic heterocycles. The van der Waals surface area contributed by atoms with Crippen LogP contribution in [0.4, 0.5) is 11.5 Å². The highest BCUT2D eigenvalue weighted by molar-refractivity contribution is 6.05. The van der Waals surface area contributed by atoms with Crippen molar-refractivity contribution in [1.29, 1.82) is 0 Å². The minimum atomic E-state index is -0.609. The molecule has 1 unspecified atom stereocenters. The van der Waals surface area contributed by atoms with E-state index in [1.54, 1.807) is 35.3 Å². The number of aliphatic imine (C=N–C) groups is 1. The van der Waals surface area contributed by atoms with E-state index < -0.39 is 11.9 Å². The first-order chi connectivity index (χ1) is 21.3. The Hall–Kier alpha value is -4.90. The topological polar surface area (TPSA) is 135 Å². The average Bonchev–Trinajstić information content (AvgIpc) is 3.35. The van der Waals surface area contributed by atoms with E-state index in [0.717, 1.165) is 49.9 Å². The van der Waals surface area contributed by atoms with Crippen LogP contribution in [-0.2, 0) is 22.7 Å². The number of nitrogens with one attached hydrogen (secondary N) is 2. The van der Waals surface area contributed by atoms with E-state index in [1.807, 2.05) is 30.3 Å². The van der Waals surface area contributed by atoms with Gasteiger partial charge < -0.3 is 14.8 Å². The lowest BCUT2D eigenvalue weighted by atomic mass is 9.87. The number of rotatable bonds is 8. The third kappa shape index (κ3) is 6.09. The summed E-state index contributed by atoms with van der Waals surface area (Å²) in [6.07, 6.45) is 4.92. The molecule has 2 saturated heterocycles. The predicted molar refractivity (Wildman–Crippen MR) is 165 cm³/mol. The average molecular weight is 595 g/mol. The maximum absolute atomic E-state index is 13.0. The molecule has 44 heavy (non-hydrogen) atoms. The summed E-state index contributed by atoms with van der Waals surface area (Å²) in [6, 6.07) is 16.0. The second kappa shape index (κ2) is 12.4. The molecule has 3 amide bonds. The van der Waals surface area contributed by atoms with Gasteiger partial charge in [0.05, 0.1) is 12.0 Å². The monoisotopic (exact) mass is 594 g/mol. The number of fused-ring (bicyclic) bond motifs is 1. The first kappa shape index (κ1) is 29.2. The molecule has 226 valence electrons. The fraction of sp³-hybridized carbons (Fsp3) is 0.333. The first-order valence-electron chi connectivity index (χ1n) is 14.8. The molecule has 0 bridgehead atoms. The summed E-state index contributed by atoms with van der Waals surface area (Å²) in [5.74, 6) is 0.127. The van der Waals surface area contributed by atoms with Crippen molar-refractivity contribution >= 4 is 41.9 Å². The van der Waals surface area contributed by atoms with Gasteiger partial charge in [0.1, 0.15) is 11.9 Å². The van der Waals surface area contributed by atoms with Crippen LogP contribution in [0, 0.1) is 0 Å². The van der Waals surface area contributed by atoms with Gasteiger partial charge in [0.2, 0.25) is 17.4 Å². The van der Waals surface area contributed by atoms with Crippen LogP contribution < -0.4 is 15.8 Å². The third-order valence-electron chi connectivity index (χ3n) is 8.73. The van der Waals surface area contributed by atoms with Gasteiger partial charge in [-0.3, -0.25) is 34.2 Å². The summed E-state index contributed by atoms with van der Waals surface area (Å²) in [4.78, 5) is 73.2. The van der Waals surface area contributed by atoms with Gasteiger partial charge in [-0.05, 0) is 79.2 Å². The van der Waals surface area contributed by atoms with Crippen LogP contribution in [0.5, 0.6) is 0 Å². The molecular formula is C33H34N6O5. The van der Waals surface area contributed by atoms with Gasteiger partial charge in [-0.1, -0.05) is 24.3 Å². The third-order valence-corrected chi connectivity index (χ3v) is 8.73. The van der Waals surface area contributed by atoms with Crippen molar-refractivity contribution in [2.75, 3.05) is 25.0 Å². The highest BCUT2D eigenvalue weighted by Gasteiger charge is 2.39. The zero-order valence-electron chi connectivity index (χ0n) is 24.5. The molecule has 11 heteroatoms. The van der Waals surface area contributed by atoms with Crippen molar-refractivity contribution in [1.82, 2.24) is 20.1 Å². The number of likely N-dealkylation sites (tertiary alicyclic amines) is 1. The van der Waals surface area contributed by atoms with Gasteiger partial charge in [-0.2, -0.15) is 0 Å².